The molecule has 0 unspecified atom stereocenters. The molecular weight excluding hydrogens is 218 g/mol. The fourth-order valence-corrected chi connectivity index (χ4v) is 2.30. The molecule has 1 amide bonds. The lowest BCUT2D eigenvalue weighted by Gasteiger charge is -2.34. The van der Waals surface area contributed by atoms with E-state index in [9.17, 15) is 9.59 Å². The number of para-hydroxylation sites is 1. The van der Waals surface area contributed by atoms with Gasteiger partial charge in [-0.05, 0) is 12.1 Å². The maximum atomic E-state index is 12.0. The number of hydrogen-bond acceptors (Lipinski definition) is 4. The molecule has 3 rings (SSSR count). The summed E-state index contributed by atoms with van der Waals surface area (Å²) in [6.07, 6.45) is 0. The summed E-state index contributed by atoms with van der Waals surface area (Å²) >= 11 is 0. The van der Waals surface area contributed by atoms with E-state index in [0.29, 0.717) is 11.3 Å². The van der Waals surface area contributed by atoms with Crippen molar-refractivity contribution in [2.45, 2.75) is 0 Å². The molecule has 0 bridgehead atoms. The number of rotatable bonds is 1. The predicted molar refractivity (Wildman–Crippen MR) is 62.7 cm³/mol. The first kappa shape index (κ1) is 10.4. The monoisotopic (exact) mass is 231 g/mol. The smallest absolute Gasteiger partial charge is 0.314 e. The van der Waals surface area contributed by atoms with E-state index in [2.05, 4.69) is 5.32 Å². The van der Waals surface area contributed by atoms with Gasteiger partial charge in [0.1, 0.15) is 0 Å². The number of amides is 1. The van der Waals surface area contributed by atoms with Crippen LogP contribution < -0.4 is 10.3 Å². The molecule has 2 aliphatic heterocycles. The molecule has 2 heterocycles. The quantitative estimate of drug-likeness (QED) is 0.693. The van der Waals surface area contributed by atoms with Gasteiger partial charge in [0, 0.05) is 26.2 Å². The molecule has 2 aliphatic rings. The van der Waals surface area contributed by atoms with Crippen molar-refractivity contribution in [3.8, 4) is 0 Å². The summed E-state index contributed by atoms with van der Waals surface area (Å²) in [6.45, 7) is 3.15. The molecule has 0 radical (unpaired) electrons. The average Bonchev–Trinajstić information content (AvgIpc) is 2.64. The van der Waals surface area contributed by atoms with E-state index in [1.807, 2.05) is 17.1 Å². The number of hydrazine groups is 1. The third kappa shape index (κ3) is 1.55. The topological polar surface area (TPSA) is 52.7 Å². The molecule has 5 nitrogen and oxygen atoms in total. The first-order chi connectivity index (χ1) is 8.29. The third-order valence-electron chi connectivity index (χ3n) is 3.14. The predicted octanol–water partition coefficient (Wildman–Crippen LogP) is 0.0361. The first-order valence-electron chi connectivity index (χ1n) is 5.72. The van der Waals surface area contributed by atoms with Crippen LogP contribution in [0.1, 0.15) is 10.4 Å². The second kappa shape index (κ2) is 3.94. The van der Waals surface area contributed by atoms with Crippen molar-refractivity contribution in [2.24, 2.45) is 0 Å². The average molecular weight is 231 g/mol. The fourth-order valence-electron chi connectivity index (χ4n) is 2.30. The second-order valence-electron chi connectivity index (χ2n) is 4.17. The van der Waals surface area contributed by atoms with Gasteiger partial charge in [0.25, 0.3) is 5.78 Å². The number of carbonyl (C=O) groups excluding carboxylic acids is 2. The van der Waals surface area contributed by atoms with Crippen LogP contribution >= 0.6 is 0 Å². The van der Waals surface area contributed by atoms with E-state index in [0.717, 1.165) is 26.2 Å². The molecule has 5 heteroatoms. The second-order valence-corrected chi connectivity index (χ2v) is 4.17. The molecule has 1 N–H and O–H groups in total. The molecular formula is C12H13N3O2. The Morgan fingerprint density at radius 2 is 1.76 bits per heavy atom. The highest BCUT2D eigenvalue weighted by Crippen LogP contribution is 2.29. The molecule has 0 saturated carbocycles. The Morgan fingerprint density at radius 1 is 1.06 bits per heavy atom. The van der Waals surface area contributed by atoms with Gasteiger partial charge in [-0.2, -0.15) is 0 Å². The summed E-state index contributed by atoms with van der Waals surface area (Å²) in [4.78, 5) is 23.8. The van der Waals surface area contributed by atoms with Gasteiger partial charge < -0.3 is 5.32 Å². The molecule has 1 aromatic rings. The highest BCUT2D eigenvalue weighted by Gasteiger charge is 2.39. The van der Waals surface area contributed by atoms with Crippen LogP contribution in [0.2, 0.25) is 0 Å². The zero-order valence-corrected chi connectivity index (χ0v) is 9.35. The van der Waals surface area contributed by atoms with Gasteiger partial charge in [-0.1, -0.05) is 12.1 Å². The van der Waals surface area contributed by atoms with E-state index < -0.39 is 11.7 Å². The molecule has 1 fully saturated rings. The molecule has 1 aromatic carbocycles. The molecule has 17 heavy (non-hydrogen) atoms. The lowest BCUT2D eigenvalue weighted by molar-refractivity contribution is -0.117. The van der Waals surface area contributed by atoms with E-state index in [-0.39, 0.29) is 0 Å². The zero-order valence-electron chi connectivity index (χ0n) is 9.35. The van der Waals surface area contributed by atoms with Gasteiger partial charge in [-0.25, -0.2) is 10.0 Å². The van der Waals surface area contributed by atoms with E-state index >= 15 is 0 Å². The number of anilines is 1. The summed E-state index contributed by atoms with van der Waals surface area (Å²) in [5, 5.41) is 6.68. The number of benzene rings is 1. The number of hydrogen-bond donors (Lipinski definition) is 1. The summed E-state index contributed by atoms with van der Waals surface area (Å²) in [5.74, 6) is -0.841. The van der Waals surface area contributed by atoms with Crippen molar-refractivity contribution in [1.82, 2.24) is 10.3 Å². The standard InChI is InChI=1S/C12H13N3O2/c16-11-9-3-1-2-4-10(9)15(12(11)17)14-7-5-13-6-8-14/h1-4,13H,5-8H2. The molecule has 0 atom stereocenters. The van der Waals surface area contributed by atoms with Crippen molar-refractivity contribution < 1.29 is 9.59 Å². The molecule has 0 aromatic heterocycles. The molecule has 0 aliphatic carbocycles. The maximum absolute atomic E-state index is 12.0. The highest BCUT2D eigenvalue weighted by atomic mass is 16.2. The van der Waals surface area contributed by atoms with Crippen LogP contribution in [0, 0.1) is 0 Å². The maximum Gasteiger partial charge on any atom is 0.314 e. The minimum absolute atomic E-state index is 0.404. The zero-order chi connectivity index (χ0) is 11.8. The van der Waals surface area contributed by atoms with Crippen molar-refractivity contribution in [2.75, 3.05) is 31.2 Å². The summed E-state index contributed by atoms with van der Waals surface area (Å²) in [5.41, 5.74) is 1.22. The number of fused-ring (bicyclic) bond motifs is 1. The van der Waals surface area contributed by atoms with Gasteiger partial charge in [-0.15, -0.1) is 0 Å². The number of carbonyl (C=O) groups is 2. The Kier molecular flexibility index (Phi) is 2.42. The van der Waals surface area contributed by atoms with Crippen LogP contribution in [-0.2, 0) is 4.79 Å². The number of ketones is 1. The minimum Gasteiger partial charge on any atom is -0.314 e. The van der Waals surface area contributed by atoms with E-state index in [4.69, 9.17) is 0 Å². The fraction of sp³-hybridized carbons (Fsp3) is 0.333. The SMILES string of the molecule is O=C1C(=O)N(N2CCNCC2)c2ccccc21. The normalized spacial score (nSPS) is 20.8. The first-order valence-corrected chi connectivity index (χ1v) is 5.72. The Morgan fingerprint density at radius 3 is 2.53 bits per heavy atom. The van der Waals surface area contributed by atoms with Crippen molar-refractivity contribution in [3.05, 3.63) is 29.8 Å². The Balaban J connectivity index is 1.99. The highest BCUT2D eigenvalue weighted by molar-refractivity contribution is 6.52. The van der Waals surface area contributed by atoms with Crippen molar-refractivity contribution in [3.63, 3.8) is 0 Å². The number of Topliss-reactive ketones (excluding diaryl/α,β-unsaturated/α-hetero) is 1. The van der Waals surface area contributed by atoms with E-state index in [1.54, 1.807) is 12.1 Å². The Hall–Kier alpha value is -1.72. The molecule has 0 spiro atoms. The number of nitrogens with zero attached hydrogens (tertiary/aromatic N) is 2. The van der Waals surface area contributed by atoms with Crippen molar-refractivity contribution in [1.29, 1.82) is 0 Å². The number of nitrogens with one attached hydrogen (secondary N) is 1. The van der Waals surface area contributed by atoms with Gasteiger partial charge in [0.2, 0.25) is 0 Å². The summed E-state index contributed by atoms with van der Waals surface area (Å²) in [7, 11) is 0. The van der Waals surface area contributed by atoms with Crippen LogP contribution in [0.4, 0.5) is 5.69 Å². The van der Waals surface area contributed by atoms with Crippen LogP contribution in [0.5, 0.6) is 0 Å². The van der Waals surface area contributed by atoms with Gasteiger partial charge in [0.15, 0.2) is 0 Å². The lowest BCUT2D eigenvalue weighted by atomic mass is 10.1. The largest absolute Gasteiger partial charge is 0.314 e. The van der Waals surface area contributed by atoms with Crippen LogP contribution in [0.25, 0.3) is 0 Å². The molecule has 1 saturated heterocycles. The minimum atomic E-state index is -0.437. The van der Waals surface area contributed by atoms with Crippen molar-refractivity contribution >= 4 is 17.4 Å². The van der Waals surface area contributed by atoms with Crippen LogP contribution in [0.3, 0.4) is 0 Å². The summed E-state index contributed by atoms with van der Waals surface area (Å²) < 4.78 is 0. The lowest BCUT2D eigenvalue weighted by Crippen LogP contribution is -2.54. The summed E-state index contributed by atoms with van der Waals surface area (Å²) in [6, 6.07) is 7.16. The van der Waals surface area contributed by atoms with Gasteiger partial charge in [-0.3, -0.25) is 9.59 Å². The van der Waals surface area contributed by atoms with Gasteiger partial charge >= 0.3 is 5.91 Å². The van der Waals surface area contributed by atoms with Crippen LogP contribution in [0.15, 0.2) is 24.3 Å². The van der Waals surface area contributed by atoms with Crippen LogP contribution in [-0.4, -0.2) is 42.9 Å². The Bertz CT molecular complexity index is 480. The van der Waals surface area contributed by atoms with Gasteiger partial charge in [0.05, 0.1) is 11.3 Å². The number of piperazine rings is 1. The Labute approximate surface area is 99.0 Å². The third-order valence-corrected chi connectivity index (χ3v) is 3.14. The molecule has 88 valence electrons. The van der Waals surface area contributed by atoms with E-state index in [1.165, 1.54) is 5.01 Å².